The molecule has 0 aliphatic carbocycles. The van der Waals surface area contributed by atoms with Gasteiger partial charge in [-0.15, -0.1) is 0 Å². The van der Waals surface area contributed by atoms with Crippen molar-refractivity contribution in [1.82, 2.24) is 15.5 Å². The Bertz CT molecular complexity index is 597. The first-order valence-corrected chi connectivity index (χ1v) is 7.58. The van der Waals surface area contributed by atoms with E-state index in [1.165, 1.54) is 12.8 Å². The zero-order valence-corrected chi connectivity index (χ0v) is 12.5. The van der Waals surface area contributed by atoms with Crippen molar-refractivity contribution in [2.45, 2.75) is 32.7 Å². The number of benzene rings is 1. The fraction of sp³-hybridized carbons (Fsp3) is 0.500. The van der Waals surface area contributed by atoms with Crippen LogP contribution in [0.2, 0.25) is 0 Å². The average molecular weight is 287 g/mol. The molecule has 0 bridgehead atoms. The van der Waals surface area contributed by atoms with Crippen molar-refractivity contribution in [1.29, 1.82) is 0 Å². The number of hydrogen-bond donors (Lipinski definition) is 1. The van der Waals surface area contributed by atoms with Crippen molar-refractivity contribution >= 4 is 0 Å². The molecule has 3 rings (SSSR count). The maximum atomic E-state index is 5.63. The first-order valence-electron chi connectivity index (χ1n) is 7.58. The second kappa shape index (κ2) is 6.26. The van der Waals surface area contributed by atoms with E-state index in [1.807, 2.05) is 31.2 Å². The molecule has 112 valence electrons. The van der Waals surface area contributed by atoms with Crippen LogP contribution in [-0.2, 0) is 0 Å². The van der Waals surface area contributed by atoms with Crippen LogP contribution >= 0.6 is 0 Å². The monoisotopic (exact) mass is 287 g/mol. The van der Waals surface area contributed by atoms with Crippen LogP contribution in [-0.4, -0.2) is 23.3 Å². The van der Waals surface area contributed by atoms with Crippen LogP contribution in [0.3, 0.4) is 0 Å². The van der Waals surface area contributed by atoms with Gasteiger partial charge in [-0.2, -0.15) is 4.98 Å². The Kier molecular flexibility index (Phi) is 4.20. The number of ether oxygens (including phenoxy) is 1. The number of rotatable bonds is 4. The molecule has 1 aliphatic heterocycles. The molecule has 0 amide bonds. The molecule has 1 N–H and O–H groups in total. The van der Waals surface area contributed by atoms with Gasteiger partial charge in [0, 0.05) is 0 Å². The van der Waals surface area contributed by atoms with Crippen LogP contribution in [0.4, 0.5) is 0 Å². The van der Waals surface area contributed by atoms with Gasteiger partial charge in [0.25, 0.3) is 0 Å². The summed E-state index contributed by atoms with van der Waals surface area (Å²) in [5.41, 5.74) is 0.873. The van der Waals surface area contributed by atoms with Crippen molar-refractivity contribution in [3.63, 3.8) is 0 Å². The van der Waals surface area contributed by atoms with Crippen LogP contribution in [0.25, 0.3) is 11.4 Å². The number of aromatic nitrogens is 2. The van der Waals surface area contributed by atoms with Gasteiger partial charge in [-0.3, -0.25) is 0 Å². The minimum Gasteiger partial charge on any atom is -0.493 e. The van der Waals surface area contributed by atoms with Gasteiger partial charge in [-0.05, 0) is 44.4 Å². The third kappa shape index (κ3) is 2.93. The summed E-state index contributed by atoms with van der Waals surface area (Å²) in [4.78, 5) is 4.58. The third-order valence-electron chi connectivity index (χ3n) is 3.91. The van der Waals surface area contributed by atoms with Gasteiger partial charge in [0.1, 0.15) is 5.75 Å². The Balaban J connectivity index is 1.88. The van der Waals surface area contributed by atoms with E-state index >= 15 is 0 Å². The van der Waals surface area contributed by atoms with Gasteiger partial charge < -0.3 is 14.6 Å². The highest BCUT2D eigenvalue weighted by atomic mass is 16.5. The topological polar surface area (TPSA) is 60.2 Å². The molecule has 1 fully saturated rings. The van der Waals surface area contributed by atoms with Crippen LogP contribution < -0.4 is 10.1 Å². The summed E-state index contributed by atoms with van der Waals surface area (Å²) >= 11 is 0. The lowest BCUT2D eigenvalue weighted by Crippen LogP contribution is -2.33. The van der Waals surface area contributed by atoms with E-state index in [9.17, 15) is 0 Å². The molecule has 2 heterocycles. The molecule has 1 saturated heterocycles. The molecular formula is C16H21N3O2. The molecule has 1 aromatic carbocycles. The lowest BCUT2D eigenvalue weighted by atomic mass is 9.93. The second-order valence-electron chi connectivity index (χ2n) is 5.44. The Morgan fingerprint density at radius 1 is 1.38 bits per heavy atom. The highest BCUT2D eigenvalue weighted by molar-refractivity contribution is 5.63. The summed E-state index contributed by atoms with van der Waals surface area (Å²) < 4.78 is 11.1. The van der Waals surface area contributed by atoms with E-state index in [4.69, 9.17) is 9.26 Å². The van der Waals surface area contributed by atoms with Crippen molar-refractivity contribution in [2.24, 2.45) is 5.92 Å². The number of piperidine rings is 1. The Labute approximate surface area is 124 Å². The van der Waals surface area contributed by atoms with E-state index in [0.717, 1.165) is 17.9 Å². The summed E-state index contributed by atoms with van der Waals surface area (Å²) in [6, 6.07) is 7.93. The Morgan fingerprint density at radius 2 is 2.24 bits per heavy atom. The minimum atomic E-state index is 0.152. The molecule has 5 heteroatoms. The van der Waals surface area contributed by atoms with E-state index < -0.39 is 0 Å². The molecule has 0 radical (unpaired) electrons. The Morgan fingerprint density at radius 3 is 3.05 bits per heavy atom. The largest absolute Gasteiger partial charge is 0.493 e. The SMILES string of the molecule is CCOc1ccccc1-c1noc(C2NCCCC2C)n1. The highest BCUT2D eigenvalue weighted by Gasteiger charge is 2.28. The molecule has 1 aliphatic rings. The van der Waals surface area contributed by atoms with Gasteiger partial charge in [0.2, 0.25) is 11.7 Å². The zero-order chi connectivity index (χ0) is 14.7. The van der Waals surface area contributed by atoms with Crippen molar-refractivity contribution in [3.05, 3.63) is 30.2 Å². The van der Waals surface area contributed by atoms with Crippen LogP contribution in [0, 0.1) is 5.92 Å². The first-order chi connectivity index (χ1) is 10.3. The average Bonchev–Trinajstić information content (AvgIpc) is 2.98. The van der Waals surface area contributed by atoms with E-state index in [1.54, 1.807) is 0 Å². The van der Waals surface area contributed by atoms with Gasteiger partial charge >= 0.3 is 0 Å². The van der Waals surface area contributed by atoms with Gasteiger partial charge in [0.05, 0.1) is 18.2 Å². The van der Waals surface area contributed by atoms with E-state index in [0.29, 0.717) is 24.2 Å². The molecule has 0 spiro atoms. The quantitative estimate of drug-likeness (QED) is 0.935. The maximum Gasteiger partial charge on any atom is 0.244 e. The highest BCUT2D eigenvalue weighted by Crippen LogP contribution is 2.31. The fourth-order valence-corrected chi connectivity index (χ4v) is 2.78. The van der Waals surface area contributed by atoms with Gasteiger partial charge in [0.15, 0.2) is 0 Å². The number of nitrogens with zero attached hydrogens (tertiary/aromatic N) is 2. The van der Waals surface area contributed by atoms with E-state index in [-0.39, 0.29) is 6.04 Å². The van der Waals surface area contributed by atoms with Crippen molar-refractivity contribution in [2.75, 3.05) is 13.2 Å². The summed E-state index contributed by atoms with van der Waals surface area (Å²) in [5.74, 6) is 2.56. The molecule has 2 atom stereocenters. The Hall–Kier alpha value is -1.88. The molecular weight excluding hydrogens is 266 g/mol. The standard InChI is InChI=1S/C16H21N3O2/c1-3-20-13-9-5-4-8-12(13)15-18-16(21-19-15)14-11(2)7-6-10-17-14/h4-5,8-9,11,14,17H,3,6-7,10H2,1-2H3. The van der Waals surface area contributed by atoms with Crippen molar-refractivity contribution in [3.8, 4) is 17.1 Å². The van der Waals surface area contributed by atoms with Crippen molar-refractivity contribution < 1.29 is 9.26 Å². The van der Waals surface area contributed by atoms with E-state index in [2.05, 4.69) is 22.4 Å². The van der Waals surface area contributed by atoms with Gasteiger partial charge in [-0.1, -0.05) is 24.2 Å². The molecule has 1 aromatic heterocycles. The smallest absolute Gasteiger partial charge is 0.244 e. The number of nitrogens with one attached hydrogen (secondary N) is 1. The third-order valence-corrected chi connectivity index (χ3v) is 3.91. The molecule has 0 saturated carbocycles. The normalized spacial score (nSPS) is 22.2. The number of hydrogen-bond acceptors (Lipinski definition) is 5. The summed E-state index contributed by atoms with van der Waals surface area (Å²) in [5, 5.41) is 7.60. The lowest BCUT2D eigenvalue weighted by Gasteiger charge is -2.26. The second-order valence-corrected chi connectivity index (χ2v) is 5.44. The summed E-state index contributed by atoms with van der Waals surface area (Å²) in [6.07, 6.45) is 2.39. The summed E-state index contributed by atoms with van der Waals surface area (Å²) in [7, 11) is 0. The van der Waals surface area contributed by atoms with Gasteiger partial charge in [-0.25, -0.2) is 0 Å². The van der Waals surface area contributed by atoms with Crippen LogP contribution in [0.1, 0.15) is 38.6 Å². The first kappa shape index (κ1) is 14.1. The fourth-order valence-electron chi connectivity index (χ4n) is 2.78. The summed E-state index contributed by atoms with van der Waals surface area (Å²) in [6.45, 7) is 5.80. The molecule has 5 nitrogen and oxygen atoms in total. The maximum absolute atomic E-state index is 5.63. The zero-order valence-electron chi connectivity index (χ0n) is 12.5. The van der Waals surface area contributed by atoms with Crippen LogP contribution in [0.5, 0.6) is 5.75 Å². The van der Waals surface area contributed by atoms with Crippen LogP contribution in [0.15, 0.2) is 28.8 Å². The lowest BCUT2D eigenvalue weighted by molar-refractivity contribution is 0.239. The molecule has 2 aromatic rings. The number of para-hydroxylation sites is 1. The molecule has 2 unspecified atom stereocenters. The molecule has 21 heavy (non-hydrogen) atoms. The predicted molar refractivity (Wildman–Crippen MR) is 80.0 cm³/mol. The minimum absolute atomic E-state index is 0.152. The predicted octanol–water partition coefficient (Wildman–Crippen LogP) is 3.20.